The van der Waals surface area contributed by atoms with Gasteiger partial charge in [-0.05, 0) is 124 Å². The van der Waals surface area contributed by atoms with Gasteiger partial charge >= 0.3 is 0 Å². The largest absolute Gasteiger partial charge is 0.296 e. The van der Waals surface area contributed by atoms with Crippen LogP contribution in [0, 0.1) is 41.5 Å². The number of nitrogens with zero attached hydrogens (tertiary/aromatic N) is 3. The highest BCUT2D eigenvalue weighted by molar-refractivity contribution is 9.11. The van der Waals surface area contributed by atoms with Crippen molar-refractivity contribution in [2.75, 3.05) is 0 Å². The van der Waals surface area contributed by atoms with Crippen LogP contribution in [-0.4, -0.2) is 21.2 Å². The number of carbonyl (C=O) groups is 1. The monoisotopic (exact) mass is 725 g/mol. The summed E-state index contributed by atoms with van der Waals surface area (Å²) in [5, 5.41) is 0.802. The Bertz CT molecular complexity index is 1160. The van der Waals surface area contributed by atoms with E-state index in [2.05, 4.69) is 91.7 Å². The normalized spacial score (nSPS) is 10.3. The first-order valence-electron chi connectivity index (χ1n) is 10.0. The standard InChI is InChI=1S/C8H9Br2N.C8H8BrF2N.C8H8BrNO/c1-5-3-6(2)11-7(4-9)8(5)10;1-4-3-5(2)12-7(6(4)9)8(10)11;1-5-3-6(2)10-7(4-11)8(5)9/h3H,4H2,1-2H3;3,8H,1-2H3;3-4H,1-2H3. The van der Waals surface area contributed by atoms with Crippen molar-refractivity contribution in [1.29, 1.82) is 0 Å². The number of hydrogen-bond acceptors (Lipinski definition) is 4. The van der Waals surface area contributed by atoms with Crippen molar-refractivity contribution in [2.24, 2.45) is 0 Å². The van der Waals surface area contributed by atoms with Gasteiger partial charge in [-0.15, -0.1) is 0 Å². The number of carbonyl (C=O) groups excluding carboxylic acids is 1. The van der Waals surface area contributed by atoms with Gasteiger partial charge in [0.1, 0.15) is 11.4 Å². The lowest BCUT2D eigenvalue weighted by molar-refractivity contribution is 0.111. The zero-order valence-electron chi connectivity index (χ0n) is 19.6. The molecule has 0 unspecified atom stereocenters. The van der Waals surface area contributed by atoms with Crippen molar-refractivity contribution in [1.82, 2.24) is 15.0 Å². The molecule has 0 bridgehead atoms. The van der Waals surface area contributed by atoms with Crippen LogP contribution in [0.25, 0.3) is 0 Å². The van der Waals surface area contributed by atoms with Crippen molar-refractivity contribution < 1.29 is 13.6 Å². The maximum atomic E-state index is 12.3. The van der Waals surface area contributed by atoms with Crippen LogP contribution in [0.3, 0.4) is 0 Å². The number of halogens is 6. The molecule has 0 saturated heterocycles. The number of aryl methyl sites for hydroxylation is 6. The second kappa shape index (κ2) is 14.5. The lowest BCUT2D eigenvalue weighted by atomic mass is 10.2. The van der Waals surface area contributed by atoms with Crippen LogP contribution in [0.5, 0.6) is 0 Å². The quantitative estimate of drug-likeness (QED) is 0.200. The molecule has 0 saturated carbocycles. The van der Waals surface area contributed by atoms with Gasteiger partial charge in [0.15, 0.2) is 6.29 Å². The van der Waals surface area contributed by atoms with Crippen molar-refractivity contribution in [3.05, 3.63) is 82.5 Å². The van der Waals surface area contributed by atoms with Crippen molar-refractivity contribution >= 4 is 70.0 Å². The molecule has 3 heterocycles. The van der Waals surface area contributed by atoms with Crippen LogP contribution in [-0.2, 0) is 5.33 Å². The molecule has 0 N–H and O–H groups in total. The predicted molar refractivity (Wildman–Crippen MR) is 147 cm³/mol. The van der Waals surface area contributed by atoms with Gasteiger partial charge in [0.05, 0.1) is 5.69 Å². The Morgan fingerprint density at radius 2 is 1.21 bits per heavy atom. The number of rotatable bonds is 3. The maximum absolute atomic E-state index is 12.3. The number of aromatic nitrogens is 3. The molecule has 0 aliphatic heterocycles. The van der Waals surface area contributed by atoms with Gasteiger partial charge in [0.2, 0.25) is 0 Å². The van der Waals surface area contributed by atoms with Crippen molar-refractivity contribution in [3.8, 4) is 0 Å². The van der Waals surface area contributed by atoms with E-state index < -0.39 is 6.43 Å². The Kier molecular flexibility index (Phi) is 13.2. The minimum atomic E-state index is -2.52. The Labute approximate surface area is 232 Å². The smallest absolute Gasteiger partial charge is 0.281 e. The van der Waals surface area contributed by atoms with E-state index in [1.165, 1.54) is 5.56 Å². The highest BCUT2D eigenvalue weighted by Crippen LogP contribution is 2.28. The molecule has 0 atom stereocenters. The fourth-order valence-corrected chi connectivity index (χ4v) is 4.71. The number of aldehydes is 1. The Hall–Kier alpha value is -1.10. The van der Waals surface area contributed by atoms with Crippen LogP contribution in [0.4, 0.5) is 8.78 Å². The summed E-state index contributed by atoms with van der Waals surface area (Å²) < 4.78 is 26.9. The van der Waals surface area contributed by atoms with Gasteiger partial charge in [-0.25, -0.2) is 13.8 Å². The summed E-state index contributed by atoms with van der Waals surface area (Å²) in [4.78, 5) is 22.6. The summed E-state index contributed by atoms with van der Waals surface area (Å²) in [5.41, 5.74) is 7.00. The number of alkyl halides is 3. The second-order valence-corrected chi connectivity index (χ2v) is 10.4. The van der Waals surface area contributed by atoms with E-state index in [-0.39, 0.29) is 5.69 Å². The molecule has 0 fully saturated rings. The molecule has 0 aliphatic rings. The lowest BCUT2D eigenvalue weighted by Crippen LogP contribution is -1.96. The summed E-state index contributed by atoms with van der Waals surface area (Å²) in [6.45, 7) is 11.4. The summed E-state index contributed by atoms with van der Waals surface area (Å²) in [5.74, 6) is 0. The summed E-state index contributed by atoms with van der Waals surface area (Å²) in [6, 6.07) is 5.75. The molecular weight excluding hydrogens is 704 g/mol. The summed E-state index contributed by atoms with van der Waals surface area (Å²) >= 11 is 13.2. The van der Waals surface area contributed by atoms with Gasteiger partial charge in [0.25, 0.3) is 6.43 Å². The minimum Gasteiger partial charge on any atom is -0.296 e. The van der Waals surface area contributed by atoms with Crippen LogP contribution in [0.15, 0.2) is 31.6 Å². The molecule has 0 amide bonds. The molecule has 0 aliphatic carbocycles. The zero-order valence-corrected chi connectivity index (χ0v) is 26.0. The third-order valence-corrected chi connectivity index (χ3v) is 8.05. The van der Waals surface area contributed by atoms with Crippen LogP contribution in [0.1, 0.15) is 62.1 Å². The maximum Gasteiger partial charge on any atom is 0.281 e. The Balaban J connectivity index is 0.000000255. The molecule has 3 aromatic rings. The van der Waals surface area contributed by atoms with Crippen molar-refractivity contribution in [3.63, 3.8) is 0 Å². The number of hydrogen-bond donors (Lipinski definition) is 0. The summed E-state index contributed by atoms with van der Waals surface area (Å²) in [6.07, 6.45) is -1.76. The molecule has 184 valence electrons. The van der Waals surface area contributed by atoms with E-state index in [4.69, 9.17) is 0 Å². The van der Waals surface area contributed by atoms with E-state index in [9.17, 15) is 13.6 Å². The minimum absolute atomic E-state index is 0.174. The van der Waals surface area contributed by atoms with Crippen LogP contribution >= 0.6 is 63.7 Å². The van der Waals surface area contributed by atoms with Crippen LogP contribution in [0.2, 0.25) is 0 Å². The molecule has 4 nitrogen and oxygen atoms in total. The fraction of sp³-hybridized carbons (Fsp3) is 0.333. The highest BCUT2D eigenvalue weighted by Gasteiger charge is 2.15. The van der Waals surface area contributed by atoms with Gasteiger partial charge in [0, 0.05) is 35.8 Å². The highest BCUT2D eigenvalue weighted by atomic mass is 79.9. The molecule has 0 spiro atoms. The van der Waals surface area contributed by atoms with Crippen molar-refractivity contribution in [2.45, 2.75) is 53.3 Å². The van der Waals surface area contributed by atoms with Gasteiger partial charge in [-0.3, -0.25) is 14.8 Å². The molecular formula is C24H25Br4F2N3O. The molecule has 3 rings (SSSR count). The summed E-state index contributed by atoms with van der Waals surface area (Å²) in [7, 11) is 0. The van der Waals surface area contributed by atoms with E-state index in [1.807, 2.05) is 26.8 Å². The molecule has 3 aromatic heterocycles. The van der Waals surface area contributed by atoms with E-state index >= 15 is 0 Å². The number of pyridine rings is 3. The second-order valence-electron chi connectivity index (χ2n) is 7.45. The topological polar surface area (TPSA) is 55.7 Å². The third-order valence-electron chi connectivity index (χ3n) is 4.37. The molecule has 0 radical (unpaired) electrons. The van der Waals surface area contributed by atoms with Crippen LogP contribution < -0.4 is 0 Å². The average molecular weight is 729 g/mol. The van der Waals surface area contributed by atoms with Gasteiger partial charge < -0.3 is 0 Å². The Morgan fingerprint density at radius 1 is 0.765 bits per heavy atom. The first-order valence-corrected chi connectivity index (χ1v) is 13.5. The fourth-order valence-electron chi connectivity index (χ4n) is 2.91. The first kappa shape index (κ1) is 30.9. The molecule has 10 heteroatoms. The third kappa shape index (κ3) is 9.17. The Morgan fingerprint density at radius 3 is 1.68 bits per heavy atom. The van der Waals surface area contributed by atoms with E-state index in [0.29, 0.717) is 15.9 Å². The zero-order chi connectivity index (χ0) is 26.2. The molecule has 34 heavy (non-hydrogen) atoms. The van der Waals surface area contributed by atoms with E-state index in [1.54, 1.807) is 19.9 Å². The SMILES string of the molecule is Cc1cc(C)c(Br)c(C(F)F)n1.Cc1cc(C)c(Br)c(C=O)n1.Cc1cc(C)c(Br)c(CBr)n1. The molecule has 0 aromatic carbocycles. The predicted octanol–water partition coefficient (Wildman–Crippen LogP) is 9.03. The van der Waals surface area contributed by atoms with Gasteiger partial charge in [-0.1, -0.05) is 15.9 Å². The van der Waals surface area contributed by atoms with Gasteiger partial charge in [-0.2, -0.15) is 0 Å². The van der Waals surface area contributed by atoms with E-state index in [0.717, 1.165) is 48.8 Å². The lowest BCUT2D eigenvalue weighted by Gasteiger charge is -2.06. The average Bonchev–Trinajstić information content (AvgIpc) is 2.76. The first-order chi connectivity index (χ1) is 15.8.